The number of rotatable bonds is 12. The Morgan fingerprint density at radius 1 is 1.07 bits per heavy atom. The summed E-state index contributed by atoms with van der Waals surface area (Å²) in [5, 5.41) is 6.50. The molecule has 0 saturated heterocycles. The summed E-state index contributed by atoms with van der Waals surface area (Å²) in [6.45, 7) is 6.88. The van der Waals surface area contributed by atoms with Crippen LogP contribution in [0.25, 0.3) is 0 Å². The zero-order chi connectivity index (χ0) is 20.7. The van der Waals surface area contributed by atoms with Crippen LogP contribution in [-0.4, -0.2) is 42.2 Å². The quantitative estimate of drug-likeness (QED) is 0.315. The number of nitrogens with zero attached hydrogens (tertiary/aromatic N) is 1. The molecule has 2 rings (SSSR count). The average molecular weight is 416 g/mol. The molecule has 6 heteroatoms. The zero-order valence-corrected chi connectivity index (χ0v) is 18.3. The van der Waals surface area contributed by atoms with Crippen molar-refractivity contribution in [2.45, 2.75) is 32.1 Å². The van der Waals surface area contributed by atoms with Crippen LogP contribution in [0.2, 0.25) is 0 Å². The first kappa shape index (κ1) is 23.1. The predicted molar refractivity (Wildman–Crippen MR) is 123 cm³/mol. The van der Waals surface area contributed by atoms with Crippen LogP contribution >= 0.6 is 0 Å². The third kappa shape index (κ3) is 9.72. The molecule has 0 bridgehead atoms. The topological polar surface area (TPSA) is 62.7 Å². The van der Waals surface area contributed by atoms with Crippen molar-refractivity contribution in [1.82, 2.24) is 10.6 Å². The normalized spacial score (nSPS) is 13.7. The van der Waals surface area contributed by atoms with Gasteiger partial charge < -0.3 is 15.4 Å². The number of aliphatic imine (C=N–C) groups is 1. The number of hydrogen-bond acceptors (Lipinski definition) is 3. The summed E-state index contributed by atoms with van der Waals surface area (Å²) in [6.07, 6.45) is 0.944. The van der Waals surface area contributed by atoms with Gasteiger partial charge in [-0.1, -0.05) is 60.7 Å². The molecule has 2 N–H and O–H groups in total. The standard InChI is InChI=1S/C23H33N3O2S/c1-3-24-23(26-16-18-29(27)19-21-11-6-4-7-12-21)25-15-10-17-28-20(2)22-13-8-5-9-14-22/h4-9,11-14,20H,3,10,15-19H2,1-2H3,(H2,24,25,26). The van der Waals surface area contributed by atoms with Gasteiger partial charge in [-0.05, 0) is 31.4 Å². The molecular formula is C23H33N3O2S. The van der Waals surface area contributed by atoms with Crippen molar-refractivity contribution in [3.05, 3.63) is 71.8 Å². The summed E-state index contributed by atoms with van der Waals surface area (Å²) in [4.78, 5) is 4.58. The van der Waals surface area contributed by atoms with Gasteiger partial charge in [-0.15, -0.1) is 0 Å². The highest BCUT2D eigenvalue weighted by Gasteiger charge is 2.05. The van der Waals surface area contributed by atoms with Crippen molar-refractivity contribution in [1.29, 1.82) is 0 Å². The van der Waals surface area contributed by atoms with Crippen LogP contribution in [0.3, 0.4) is 0 Å². The molecule has 0 fully saturated rings. The van der Waals surface area contributed by atoms with Gasteiger partial charge in [0.05, 0.1) is 6.10 Å². The molecule has 2 aromatic rings. The molecule has 0 amide bonds. The molecule has 0 aromatic heterocycles. The lowest BCUT2D eigenvalue weighted by Crippen LogP contribution is -2.39. The highest BCUT2D eigenvalue weighted by Crippen LogP contribution is 2.15. The van der Waals surface area contributed by atoms with Crippen molar-refractivity contribution in [3.8, 4) is 0 Å². The van der Waals surface area contributed by atoms with Gasteiger partial charge in [-0.3, -0.25) is 9.20 Å². The lowest BCUT2D eigenvalue weighted by Gasteiger charge is -2.13. The van der Waals surface area contributed by atoms with Crippen LogP contribution in [0.15, 0.2) is 65.7 Å². The summed E-state index contributed by atoms with van der Waals surface area (Å²) in [6, 6.07) is 20.2. The first-order chi connectivity index (χ1) is 14.2. The van der Waals surface area contributed by atoms with E-state index in [1.807, 2.05) is 55.5 Å². The minimum absolute atomic E-state index is 0.0890. The maximum absolute atomic E-state index is 12.2. The molecule has 0 heterocycles. The van der Waals surface area contributed by atoms with Crippen LogP contribution in [-0.2, 0) is 21.3 Å². The number of hydrogen-bond donors (Lipinski definition) is 2. The Morgan fingerprint density at radius 3 is 2.45 bits per heavy atom. The number of ether oxygens (including phenoxy) is 1. The minimum atomic E-state index is -0.889. The fourth-order valence-electron chi connectivity index (χ4n) is 2.79. The smallest absolute Gasteiger partial charge is 0.191 e. The largest absolute Gasteiger partial charge is 0.374 e. The molecule has 2 aromatic carbocycles. The van der Waals surface area contributed by atoms with E-state index in [4.69, 9.17) is 4.74 Å². The Hall–Kier alpha value is -2.18. The molecule has 0 aliphatic carbocycles. The zero-order valence-electron chi connectivity index (χ0n) is 17.5. The first-order valence-corrected chi connectivity index (χ1v) is 11.8. The Labute approximate surface area is 177 Å². The van der Waals surface area contributed by atoms with Gasteiger partial charge in [0, 0.05) is 48.5 Å². The van der Waals surface area contributed by atoms with Gasteiger partial charge in [-0.25, -0.2) is 0 Å². The van der Waals surface area contributed by atoms with Gasteiger partial charge in [0.2, 0.25) is 0 Å². The second-order valence-corrected chi connectivity index (χ2v) is 8.32. The molecule has 0 aliphatic rings. The Morgan fingerprint density at radius 2 is 1.76 bits per heavy atom. The Kier molecular flexibility index (Phi) is 11.1. The van der Waals surface area contributed by atoms with E-state index in [2.05, 4.69) is 34.7 Å². The molecule has 29 heavy (non-hydrogen) atoms. The van der Waals surface area contributed by atoms with Crippen molar-refractivity contribution in [3.63, 3.8) is 0 Å². The first-order valence-electron chi connectivity index (χ1n) is 10.3. The third-order valence-corrected chi connectivity index (χ3v) is 5.66. The summed E-state index contributed by atoms with van der Waals surface area (Å²) < 4.78 is 18.1. The summed E-state index contributed by atoms with van der Waals surface area (Å²) in [5.41, 5.74) is 2.30. The second kappa shape index (κ2) is 13.9. The van der Waals surface area contributed by atoms with Gasteiger partial charge >= 0.3 is 0 Å². The van der Waals surface area contributed by atoms with E-state index in [1.165, 1.54) is 5.56 Å². The molecule has 2 atom stereocenters. The van der Waals surface area contributed by atoms with E-state index in [-0.39, 0.29) is 6.10 Å². The maximum Gasteiger partial charge on any atom is 0.191 e. The Bertz CT molecular complexity index is 738. The van der Waals surface area contributed by atoms with Crippen molar-refractivity contribution in [2.75, 3.05) is 32.0 Å². The molecule has 0 spiro atoms. The lowest BCUT2D eigenvalue weighted by molar-refractivity contribution is 0.0652. The second-order valence-electron chi connectivity index (χ2n) is 6.74. The van der Waals surface area contributed by atoms with Crippen LogP contribution < -0.4 is 10.6 Å². The van der Waals surface area contributed by atoms with Crippen molar-refractivity contribution < 1.29 is 8.95 Å². The molecule has 2 unspecified atom stereocenters. The average Bonchev–Trinajstić information content (AvgIpc) is 2.74. The number of benzene rings is 2. The number of guanidine groups is 1. The highest BCUT2D eigenvalue weighted by molar-refractivity contribution is 7.84. The molecule has 0 saturated carbocycles. The minimum Gasteiger partial charge on any atom is -0.374 e. The van der Waals surface area contributed by atoms with Crippen molar-refractivity contribution >= 4 is 16.8 Å². The molecule has 5 nitrogen and oxygen atoms in total. The van der Waals surface area contributed by atoms with E-state index in [0.29, 0.717) is 31.2 Å². The van der Waals surface area contributed by atoms with Crippen LogP contribution in [0.1, 0.15) is 37.5 Å². The maximum atomic E-state index is 12.2. The molecule has 0 radical (unpaired) electrons. The molecule has 158 valence electrons. The van der Waals surface area contributed by atoms with Crippen LogP contribution in [0.5, 0.6) is 0 Å². The highest BCUT2D eigenvalue weighted by atomic mass is 32.2. The van der Waals surface area contributed by atoms with Crippen molar-refractivity contribution in [2.24, 2.45) is 4.99 Å². The predicted octanol–water partition coefficient (Wildman–Crippen LogP) is 3.66. The van der Waals surface area contributed by atoms with E-state index >= 15 is 0 Å². The van der Waals surface area contributed by atoms with E-state index in [0.717, 1.165) is 24.5 Å². The van der Waals surface area contributed by atoms with Crippen LogP contribution in [0, 0.1) is 0 Å². The number of nitrogens with one attached hydrogen (secondary N) is 2. The van der Waals surface area contributed by atoms with E-state index in [9.17, 15) is 4.21 Å². The van der Waals surface area contributed by atoms with Gasteiger partial charge in [0.15, 0.2) is 5.96 Å². The SMILES string of the molecule is CCNC(=NCCCOC(C)c1ccccc1)NCCS(=O)Cc1ccccc1. The summed E-state index contributed by atoms with van der Waals surface area (Å²) in [7, 11) is -0.889. The summed E-state index contributed by atoms with van der Waals surface area (Å²) in [5.74, 6) is 1.95. The third-order valence-electron chi connectivity index (χ3n) is 4.35. The fourth-order valence-corrected chi connectivity index (χ4v) is 3.83. The van der Waals surface area contributed by atoms with E-state index in [1.54, 1.807) is 0 Å². The monoisotopic (exact) mass is 415 g/mol. The van der Waals surface area contributed by atoms with Crippen LogP contribution in [0.4, 0.5) is 0 Å². The fraction of sp³-hybridized carbons (Fsp3) is 0.435. The van der Waals surface area contributed by atoms with Gasteiger partial charge in [-0.2, -0.15) is 0 Å². The van der Waals surface area contributed by atoms with Gasteiger partial charge in [0.1, 0.15) is 0 Å². The molecular weight excluding hydrogens is 382 g/mol. The Balaban J connectivity index is 1.64. The van der Waals surface area contributed by atoms with E-state index < -0.39 is 10.8 Å². The van der Waals surface area contributed by atoms with Gasteiger partial charge in [0.25, 0.3) is 0 Å². The summed E-state index contributed by atoms with van der Waals surface area (Å²) >= 11 is 0. The lowest BCUT2D eigenvalue weighted by atomic mass is 10.1. The molecule has 0 aliphatic heterocycles.